The highest BCUT2D eigenvalue weighted by Crippen LogP contribution is 2.20. The minimum absolute atomic E-state index is 0.119. The lowest BCUT2D eigenvalue weighted by molar-refractivity contribution is -0.129. The summed E-state index contributed by atoms with van der Waals surface area (Å²) >= 11 is 0. The van der Waals surface area contributed by atoms with Gasteiger partial charge in [-0.25, -0.2) is 4.39 Å². The van der Waals surface area contributed by atoms with Gasteiger partial charge in [0.05, 0.1) is 11.3 Å². The van der Waals surface area contributed by atoms with Crippen LogP contribution in [0.1, 0.15) is 25.3 Å². The third-order valence-electron chi connectivity index (χ3n) is 3.31. The van der Waals surface area contributed by atoms with E-state index in [1.165, 1.54) is 12.1 Å². The van der Waals surface area contributed by atoms with Gasteiger partial charge in [0, 0.05) is 25.6 Å². The zero-order chi connectivity index (χ0) is 13.8. The number of carbonyl (C=O) groups excluding carboxylic acids is 1. The number of nitrogens with zero attached hydrogens (tertiary/aromatic N) is 2. The van der Waals surface area contributed by atoms with Crippen LogP contribution in [0.4, 0.5) is 10.1 Å². The van der Waals surface area contributed by atoms with Gasteiger partial charge in [0.25, 0.3) is 0 Å². The second-order valence-electron chi connectivity index (χ2n) is 4.62. The lowest BCUT2D eigenvalue weighted by atomic mass is 10.1. The van der Waals surface area contributed by atoms with Gasteiger partial charge in [-0.2, -0.15) is 5.26 Å². The Hall–Kier alpha value is -2.09. The second kappa shape index (κ2) is 5.70. The number of carbonyl (C=O) groups is 1. The fourth-order valence-corrected chi connectivity index (χ4v) is 2.28. The van der Waals surface area contributed by atoms with E-state index in [0.717, 1.165) is 13.0 Å². The predicted molar refractivity (Wildman–Crippen MR) is 70.0 cm³/mol. The third-order valence-corrected chi connectivity index (χ3v) is 3.31. The van der Waals surface area contributed by atoms with Crippen LogP contribution in [0, 0.1) is 17.1 Å². The van der Waals surface area contributed by atoms with Gasteiger partial charge in [-0.05, 0) is 24.6 Å². The summed E-state index contributed by atoms with van der Waals surface area (Å²) in [6.07, 6.45) is 1.35. The number of nitrogens with one attached hydrogen (secondary N) is 1. The number of rotatable bonds is 3. The van der Waals surface area contributed by atoms with Crippen LogP contribution >= 0.6 is 0 Å². The second-order valence-corrected chi connectivity index (χ2v) is 4.62. The molecule has 1 saturated heterocycles. The molecule has 5 heteroatoms. The molecule has 0 aliphatic carbocycles. The van der Waals surface area contributed by atoms with E-state index in [0.29, 0.717) is 24.2 Å². The van der Waals surface area contributed by atoms with Gasteiger partial charge in [-0.1, -0.05) is 6.92 Å². The average Bonchev–Trinajstić information content (AvgIpc) is 2.88. The van der Waals surface area contributed by atoms with Crippen LogP contribution in [-0.2, 0) is 4.79 Å². The summed E-state index contributed by atoms with van der Waals surface area (Å²) in [5, 5.41) is 12.2. The number of hydrogen-bond donors (Lipinski definition) is 1. The van der Waals surface area contributed by atoms with E-state index in [4.69, 9.17) is 5.26 Å². The molecule has 1 aliphatic rings. The largest absolute Gasteiger partial charge is 0.379 e. The topological polar surface area (TPSA) is 56.1 Å². The monoisotopic (exact) mass is 261 g/mol. The number of hydrogen-bond acceptors (Lipinski definition) is 3. The quantitative estimate of drug-likeness (QED) is 0.906. The normalized spacial score (nSPS) is 18.2. The fourth-order valence-electron chi connectivity index (χ4n) is 2.28. The molecule has 0 bridgehead atoms. The van der Waals surface area contributed by atoms with Crippen LogP contribution in [0.2, 0.25) is 0 Å². The van der Waals surface area contributed by atoms with Crippen molar-refractivity contribution in [2.24, 2.45) is 0 Å². The summed E-state index contributed by atoms with van der Waals surface area (Å²) in [5.74, 6) is -0.278. The Labute approximate surface area is 111 Å². The first-order valence-corrected chi connectivity index (χ1v) is 6.38. The minimum Gasteiger partial charge on any atom is -0.379 e. The molecule has 1 aromatic rings. The van der Waals surface area contributed by atoms with Crippen LogP contribution in [0.5, 0.6) is 0 Å². The van der Waals surface area contributed by atoms with Crippen LogP contribution in [0.15, 0.2) is 18.2 Å². The van der Waals surface area contributed by atoms with E-state index >= 15 is 0 Å². The molecular weight excluding hydrogens is 245 g/mol. The van der Waals surface area contributed by atoms with Crippen molar-refractivity contribution in [3.05, 3.63) is 29.6 Å². The molecule has 0 radical (unpaired) electrons. The van der Waals surface area contributed by atoms with E-state index in [1.54, 1.807) is 6.07 Å². The van der Waals surface area contributed by atoms with Crippen LogP contribution in [0.3, 0.4) is 0 Å². The van der Waals surface area contributed by atoms with Gasteiger partial charge in [0.2, 0.25) is 5.91 Å². The van der Waals surface area contributed by atoms with Crippen LogP contribution in [-0.4, -0.2) is 29.9 Å². The first kappa shape index (κ1) is 13.3. The Balaban J connectivity index is 2.04. The molecule has 4 nitrogen and oxygen atoms in total. The van der Waals surface area contributed by atoms with Crippen molar-refractivity contribution in [3.8, 4) is 6.07 Å². The average molecular weight is 261 g/mol. The standard InChI is InChI=1S/C14H16FN3O/c1-2-14(19)18-6-5-12(9-18)17-13-4-3-11(15)7-10(13)8-16/h3-4,7,12,17H,2,5-6,9H2,1H3/t12-/m1/s1. The Bertz CT molecular complexity index is 524. The smallest absolute Gasteiger partial charge is 0.222 e. The number of benzene rings is 1. The summed E-state index contributed by atoms with van der Waals surface area (Å²) in [6.45, 7) is 3.21. The van der Waals surface area contributed by atoms with Gasteiger partial charge < -0.3 is 10.2 Å². The third kappa shape index (κ3) is 3.02. The summed E-state index contributed by atoms with van der Waals surface area (Å²) in [7, 11) is 0. The molecule has 0 spiro atoms. The zero-order valence-corrected chi connectivity index (χ0v) is 10.8. The van der Waals surface area contributed by atoms with Crippen molar-refractivity contribution in [3.63, 3.8) is 0 Å². The molecule has 100 valence electrons. The molecular formula is C14H16FN3O. The Morgan fingerprint density at radius 3 is 3.11 bits per heavy atom. The van der Waals surface area contributed by atoms with E-state index in [9.17, 15) is 9.18 Å². The van der Waals surface area contributed by atoms with Crippen LogP contribution < -0.4 is 5.32 Å². The Morgan fingerprint density at radius 1 is 1.63 bits per heavy atom. The number of anilines is 1. The summed E-state index contributed by atoms with van der Waals surface area (Å²) in [6, 6.07) is 6.20. The number of nitriles is 1. The van der Waals surface area contributed by atoms with Crippen molar-refractivity contribution in [2.45, 2.75) is 25.8 Å². The summed E-state index contributed by atoms with van der Waals surface area (Å²) < 4.78 is 13.0. The van der Waals surface area contributed by atoms with Gasteiger partial charge in [0.1, 0.15) is 11.9 Å². The molecule has 1 heterocycles. The van der Waals surface area contributed by atoms with E-state index in [1.807, 2.05) is 17.9 Å². The highest BCUT2D eigenvalue weighted by atomic mass is 19.1. The summed E-state index contributed by atoms with van der Waals surface area (Å²) in [4.78, 5) is 13.4. The molecule has 0 unspecified atom stereocenters. The molecule has 1 aliphatic heterocycles. The molecule has 1 N–H and O–H groups in total. The molecule has 19 heavy (non-hydrogen) atoms. The maximum atomic E-state index is 13.0. The van der Waals surface area contributed by atoms with Crippen molar-refractivity contribution in [1.29, 1.82) is 5.26 Å². The molecule has 1 atom stereocenters. The maximum absolute atomic E-state index is 13.0. The number of halogens is 1. The van der Waals surface area contributed by atoms with Gasteiger partial charge in [0.15, 0.2) is 0 Å². The molecule has 0 saturated carbocycles. The van der Waals surface area contributed by atoms with Crippen LogP contribution in [0.25, 0.3) is 0 Å². The van der Waals surface area contributed by atoms with Crippen molar-refractivity contribution >= 4 is 11.6 Å². The lowest BCUT2D eigenvalue weighted by Crippen LogP contribution is -2.31. The van der Waals surface area contributed by atoms with Crippen molar-refractivity contribution in [2.75, 3.05) is 18.4 Å². The molecule has 2 rings (SSSR count). The van der Waals surface area contributed by atoms with Crippen molar-refractivity contribution < 1.29 is 9.18 Å². The lowest BCUT2D eigenvalue weighted by Gasteiger charge is -2.17. The molecule has 1 fully saturated rings. The number of amides is 1. The van der Waals surface area contributed by atoms with E-state index in [-0.39, 0.29) is 11.9 Å². The molecule has 1 amide bonds. The Morgan fingerprint density at radius 2 is 2.42 bits per heavy atom. The van der Waals surface area contributed by atoms with Crippen molar-refractivity contribution in [1.82, 2.24) is 4.90 Å². The maximum Gasteiger partial charge on any atom is 0.222 e. The Kier molecular flexibility index (Phi) is 4.00. The summed E-state index contributed by atoms with van der Waals surface area (Å²) in [5.41, 5.74) is 0.917. The predicted octanol–water partition coefficient (Wildman–Crippen LogP) is 2.12. The van der Waals surface area contributed by atoms with Gasteiger partial charge in [-0.15, -0.1) is 0 Å². The number of likely N-dealkylation sites (tertiary alicyclic amines) is 1. The van der Waals surface area contributed by atoms with Gasteiger partial charge >= 0.3 is 0 Å². The zero-order valence-electron chi connectivity index (χ0n) is 10.8. The fraction of sp³-hybridized carbons (Fsp3) is 0.429. The highest BCUT2D eigenvalue weighted by Gasteiger charge is 2.25. The first-order valence-electron chi connectivity index (χ1n) is 6.38. The molecule has 1 aromatic carbocycles. The van der Waals surface area contributed by atoms with Gasteiger partial charge in [-0.3, -0.25) is 4.79 Å². The molecule has 0 aromatic heterocycles. The first-order chi connectivity index (χ1) is 9.13. The van der Waals surface area contributed by atoms with E-state index in [2.05, 4.69) is 5.32 Å². The van der Waals surface area contributed by atoms with E-state index < -0.39 is 5.82 Å². The SMILES string of the molecule is CCC(=O)N1CC[C@@H](Nc2ccc(F)cc2C#N)C1. The minimum atomic E-state index is -0.420. The highest BCUT2D eigenvalue weighted by molar-refractivity contribution is 5.76.